The molecule has 1 heterocycles. The Bertz CT molecular complexity index is 89.0. The fraction of sp³-hybridized carbons (Fsp3) is 1.00. The minimum atomic E-state index is -0.0918. The van der Waals surface area contributed by atoms with Crippen LogP contribution in [0.5, 0.6) is 0 Å². The van der Waals surface area contributed by atoms with Gasteiger partial charge in [0.1, 0.15) is 0 Å². The van der Waals surface area contributed by atoms with E-state index in [2.05, 4.69) is 0 Å². The third-order valence-corrected chi connectivity index (χ3v) is 1.62. The Morgan fingerprint density at radius 2 is 2.50 bits per heavy atom. The van der Waals surface area contributed by atoms with Crippen LogP contribution >= 0.6 is 0 Å². The highest BCUT2D eigenvalue weighted by Gasteiger charge is 2.25. The Kier molecular flexibility index (Phi) is 3.18. The maximum atomic E-state index is 8.72. The summed E-state index contributed by atoms with van der Waals surface area (Å²) in [6.07, 6.45) is 1.67. The molecule has 0 aromatic heterocycles. The first-order valence-corrected chi connectivity index (χ1v) is 3.74. The summed E-state index contributed by atoms with van der Waals surface area (Å²) in [5.74, 6) is 0. The van der Waals surface area contributed by atoms with Gasteiger partial charge in [0.05, 0.1) is 12.7 Å². The number of hydrogen-bond donors (Lipinski definition) is 1. The van der Waals surface area contributed by atoms with E-state index in [1.807, 2.05) is 6.92 Å². The van der Waals surface area contributed by atoms with Crippen LogP contribution in [0.3, 0.4) is 0 Å². The molecule has 1 saturated heterocycles. The van der Waals surface area contributed by atoms with Crippen LogP contribution in [-0.4, -0.2) is 31.5 Å². The molecule has 4 heteroatoms. The SMILES string of the molecule is CCB1OCC[C@@H](CO)O1. The smallest absolute Gasteiger partial charge is 0.411 e. The third kappa shape index (κ3) is 1.97. The molecule has 1 N–H and O–H groups in total. The minimum absolute atomic E-state index is 0.00120. The maximum absolute atomic E-state index is 8.72. The first-order chi connectivity index (χ1) is 4.86. The highest BCUT2D eigenvalue weighted by atomic mass is 16.6. The van der Waals surface area contributed by atoms with Crippen molar-refractivity contribution in [3.05, 3.63) is 0 Å². The van der Waals surface area contributed by atoms with Crippen LogP contribution in [0.1, 0.15) is 13.3 Å². The number of aliphatic hydroxyl groups excluding tert-OH is 1. The molecule has 1 aliphatic rings. The Balaban J connectivity index is 2.25. The second kappa shape index (κ2) is 3.96. The van der Waals surface area contributed by atoms with Gasteiger partial charge in [-0.05, 0) is 12.7 Å². The number of aliphatic hydroxyl groups is 1. The van der Waals surface area contributed by atoms with Gasteiger partial charge >= 0.3 is 7.12 Å². The molecule has 0 radical (unpaired) electrons. The van der Waals surface area contributed by atoms with Crippen molar-refractivity contribution in [2.24, 2.45) is 0 Å². The molecule has 3 nitrogen and oxygen atoms in total. The molecule has 0 unspecified atom stereocenters. The van der Waals surface area contributed by atoms with Crippen molar-refractivity contribution in [1.29, 1.82) is 0 Å². The van der Waals surface area contributed by atoms with E-state index in [1.165, 1.54) is 0 Å². The second-order valence-electron chi connectivity index (χ2n) is 2.44. The lowest BCUT2D eigenvalue weighted by atomic mass is 9.84. The molecule has 58 valence electrons. The van der Waals surface area contributed by atoms with E-state index in [0.29, 0.717) is 6.61 Å². The molecular formula is C6H13BO3. The van der Waals surface area contributed by atoms with E-state index in [-0.39, 0.29) is 19.8 Å². The fourth-order valence-electron chi connectivity index (χ4n) is 1.00. The van der Waals surface area contributed by atoms with E-state index in [4.69, 9.17) is 14.4 Å². The Labute approximate surface area is 61.5 Å². The molecule has 1 atom stereocenters. The average molecular weight is 144 g/mol. The zero-order valence-electron chi connectivity index (χ0n) is 6.25. The molecule has 0 aromatic rings. The van der Waals surface area contributed by atoms with Crippen molar-refractivity contribution in [1.82, 2.24) is 0 Å². The summed E-state index contributed by atoms with van der Waals surface area (Å²) in [5.41, 5.74) is 0. The van der Waals surface area contributed by atoms with E-state index in [1.54, 1.807) is 0 Å². The van der Waals surface area contributed by atoms with Gasteiger partial charge in [0, 0.05) is 6.61 Å². The van der Waals surface area contributed by atoms with Crippen LogP contribution in [0.15, 0.2) is 0 Å². The molecule has 0 amide bonds. The van der Waals surface area contributed by atoms with E-state index >= 15 is 0 Å². The van der Waals surface area contributed by atoms with Gasteiger partial charge in [-0.3, -0.25) is 0 Å². The van der Waals surface area contributed by atoms with E-state index in [9.17, 15) is 0 Å². The van der Waals surface area contributed by atoms with Crippen molar-refractivity contribution in [3.63, 3.8) is 0 Å². The summed E-state index contributed by atoms with van der Waals surface area (Å²) in [5, 5.41) is 8.72. The molecule has 1 aliphatic heterocycles. The van der Waals surface area contributed by atoms with Crippen molar-refractivity contribution in [2.75, 3.05) is 13.2 Å². The third-order valence-electron chi connectivity index (χ3n) is 1.62. The van der Waals surface area contributed by atoms with Gasteiger partial charge in [0.2, 0.25) is 0 Å². The van der Waals surface area contributed by atoms with Crippen LogP contribution in [0.25, 0.3) is 0 Å². The normalized spacial score (nSPS) is 27.0. The van der Waals surface area contributed by atoms with Gasteiger partial charge in [-0.1, -0.05) is 6.92 Å². The summed E-state index contributed by atoms with van der Waals surface area (Å²) in [6.45, 7) is 2.83. The summed E-state index contributed by atoms with van der Waals surface area (Å²) >= 11 is 0. The highest BCUT2D eigenvalue weighted by molar-refractivity contribution is 6.44. The minimum Gasteiger partial charge on any atom is -0.411 e. The average Bonchev–Trinajstić information content (AvgIpc) is 2.05. The summed E-state index contributed by atoms with van der Waals surface area (Å²) in [4.78, 5) is 0. The zero-order valence-corrected chi connectivity index (χ0v) is 6.25. The number of hydrogen-bond acceptors (Lipinski definition) is 3. The van der Waals surface area contributed by atoms with Crippen LogP contribution in [0.2, 0.25) is 6.32 Å². The van der Waals surface area contributed by atoms with Crippen LogP contribution in [0.4, 0.5) is 0 Å². The Hall–Kier alpha value is -0.0551. The van der Waals surface area contributed by atoms with Crippen molar-refractivity contribution >= 4 is 7.12 Å². The summed E-state index contributed by atoms with van der Waals surface area (Å²) in [7, 11) is -0.0918. The molecule has 1 fully saturated rings. The highest BCUT2D eigenvalue weighted by Crippen LogP contribution is 2.11. The van der Waals surface area contributed by atoms with Crippen molar-refractivity contribution < 1.29 is 14.4 Å². The van der Waals surface area contributed by atoms with Gasteiger partial charge in [-0.2, -0.15) is 0 Å². The van der Waals surface area contributed by atoms with Gasteiger partial charge in [0.25, 0.3) is 0 Å². The molecule has 0 aromatic carbocycles. The van der Waals surface area contributed by atoms with Crippen LogP contribution in [0, 0.1) is 0 Å². The standard InChI is InChI=1S/C6H13BO3/c1-2-7-9-4-3-6(5-8)10-7/h6,8H,2-5H2,1H3/t6-/m0/s1. The molecule has 0 aliphatic carbocycles. The maximum Gasteiger partial charge on any atom is 0.456 e. The fourth-order valence-corrected chi connectivity index (χ4v) is 1.00. The lowest BCUT2D eigenvalue weighted by Crippen LogP contribution is -2.37. The van der Waals surface area contributed by atoms with E-state index in [0.717, 1.165) is 12.7 Å². The first-order valence-electron chi connectivity index (χ1n) is 3.74. The largest absolute Gasteiger partial charge is 0.456 e. The predicted molar refractivity (Wildman–Crippen MR) is 38.8 cm³/mol. The van der Waals surface area contributed by atoms with Gasteiger partial charge in [-0.25, -0.2) is 0 Å². The molecule has 0 bridgehead atoms. The molecule has 0 saturated carbocycles. The number of rotatable bonds is 2. The molecule has 1 rings (SSSR count). The second-order valence-corrected chi connectivity index (χ2v) is 2.44. The quantitative estimate of drug-likeness (QED) is 0.566. The molecule has 0 spiro atoms. The topological polar surface area (TPSA) is 38.7 Å². The van der Waals surface area contributed by atoms with Gasteiger partial charge < -0.3 is 14.4 Å². The summed E-state index contributed by atoms with van der Waals surface area (Å²) < 4.78 is 10.5. The van der Waals surface area contributed by atoms with Crippen LogP contribution < -0.4 is 0 Å². The zero-order chi connectivity index (χ0) is 7.40. The first kappa shape index (κ1) is 8.05. The lowest BCUT2D eigenvalue weighted by molar-refractivity contribution is 0.0300. The lowest BCUT2D eigenvalue weighted by Gasteiger charge is -2.25. The summed E-state index contributed by atoms with van der Waals surface area (Å²) in [6, 6.07) is 0. The van der Waals surface area contributed by atoms with Crippen LogP contribution in [-0.2, 0) is 9.31 Å². The molecule has 10 heavy (non-hydrogen) atoms. The Morgan fingerprint density at radius 3 is 3.10 bits per heavy atom. The monoisotopic (exact) mass is 144 g/mol. The van der Waals surface area contributed by atoms with Gasteiger partial charge in [-0.15, -0.1) is 0 Å². The van der Waals surface area contributed by atoms with Gasteiger partial charge in [0.15, 0.2) is 0 Å². The van der Waals surface area contributed by atoms with Crippen molar-refractivity contribution in [2.45, 2.75) is 25.8 Å². The molecular weight excluding hydrogens is 131 g/mol. The Morgan fingerprint density at radius 1 is 1.70 bits per heavy atom. The van der Waals surface area contributed by atoms with Crippen molar-refractivity contribution in [3.8, 4) is 0 Å². The van der Waals surface area contributed by atoms with E-state index < -0.39 is 0 Å². The predicted octanol–water partition coefficient (Wildman–Crippen LogP) is 0.292.